The molecule has 1 aromatic rings. The minimum atomic E-state index is -0.0598. The Morgan fingerprint density at radius 3 is 2.52 bits per heavy atom. The molecule has 4 rings (SSSR count). The van der Waals surface area contributed by atoms with Gasteiger partial charge < -0.3 is 15.1 Å². The molecule has 2 fully saturated rings. The smallest absolute Gasteiger partial charge is 0.229 e. The van der Waals surface area contributed by atoms with Crippen LogP contribution in [0.4, 0.5) is 5.69 Å². The van der Waals surface area contributed by atoms with Gasteiger partial charge in [0, 0.05) is 57.4 Å². The van der Waals surface area contributed by atoms with Crippen LogP contribution in [-0.4, -0.2) is 71.3 Å². The van der Waals surface area contributed by atoms with Crippen molar-refractivity contribution < 1.29 is 9.59 Å². The molecule has 3 heterocycles. The van der Waals surface area contributed by atoms with E-state index in [1.807, 2.05) is 0 Å². The van der Waals surface area contributed by atoms with Gasteiger partial charge in [-0.3, -0.25) is 14.5 Å². The van der Waals surface area contributed by atoms with Crippen LogP contribution in [0, 0.1) is 11.8 Å². The maximum atomic E-state index is 13.5. The van der Waals surface area contributed by atoms with E-state index in [0.717, 1.165) is 31.7 Å². The van der Waals surface area contributed by atoms with E-state index in [4.69, 9.17) is 0 Å². The summed E-state index contributed by atoms with van der Waals surface area (Å²) in [7, 11) is 0. The van der Waals surface area contributed by atoms with E-state index in [1.54, 1.807) is 11.8 Å². The predicted octanol–water partition coefficient (Wildman–Crippen LogP) is 3.19. The van der Waals surface area contributed by atoms with Crippen LogP contribution in [0.1, 0.15) is 52.0 Å². The van der Waals surface area contributed by atoms with Gasteiger partial charge in [-0.2, -0.15) is 0 Å². The number of hydrogen-bond donors (Lipinski definition) is 1. The average molecular weight is 427 g/mol. The number of benzene rings is 1. The first-order valence-corrected chi connectivity index (χ1v) is 12.0. The molecular formula is C25H38N4O2. The molecule has 0 unspecified atom stereocenters. The molecule has 3 aliphatic rings. The molecule has 0 aliphatic carbocycles. The molecule has 0 radical (unpaired) electrons. The first-order valence-electron chi connectivity index (χ1n) is 12.0. The Hall–Kier alpha value is -2.08. The van der Waals surface area contributed by atoms with Gasteiger partial charge in [0.15, 0.2) is 0 Å². The lowest BCUT2D eigenvalue weighted by Crippen LogP contribution is -2.57. The molecule has 170 valence electrons. The van der Waals surface area contributed by atoms with Gasteiger partial charge in [-0.15, -0.1) is 0 Å². The lowest BCUT2D eigenvalue weighted by atomic mass is 9.97. The number of anilines is 1. The number of nitrogens with one attached hydrogen (secondary N) is 1. The number of carbonyl (C=O) groups excluding carboxylic acids is 2. The maximum Gasteiger partial charge on any atom is 0.229 e. The molecular weight excluding hydrogens is 388 g/mol. The third-order valence-corrected chi connectivity index (χ3v) is 7.33. The van der Waals surface area contributed by atoms with Crippen LogP contribution in [0.5, 0.6) is 0 Å². The molecule has 0 aromatic heterocycles. The number of hydrogen-bond acceptors (Lipinski definition) is 4. The lowest BCUT2D eigenvalue weighted by molar-refractivity contribution is -0.148. The molecule has 0 spiro atoms. The van der Waals surface area contributed by atoms with Crippen LogP contribution in [0.2, 0.25) is 0 Å². The van der Waals surface area contributed by atoms with Crippen molar-refractivity contribution in [3.05, 3.63) is 29.8 Å². The van der Waals surface area contributed by atoms with Gasteiger partial charge >= 0.3 is 0 Å². The average Bonchev–Trinajstić information content (AvgIpc) is 3.05. The van der Waals surface area contributed by atoms with Gasteiger partial charge in [0.1, 0.15) is 0 Å². The number of rotatable bonds is 4. The van der Waals surface area contributed by atoms with Crippen LogP contribution in [0.25, 0.3) is 0 Å². The molecule has 2 atom stereocenters. The van der Waals surface area contributed by atoms with Crippen molar-refractivity contribution in [2.75, 3.05) is 38.0 Å². The Balaban J connectivity index is 1.56. The number of likely N-dealkylation sites (tertiary alicyclic amines) is 1. The number of nitrogens with zero attached hydrogens (tertiary/aromatic N) is 3. The van der Waals surface area contributed by atoms with E-state index < -0.39 is 0 Å². The lowest BCUT2D eigenvalue weighted by Gasteiger charge is -2.41. The maximum absolute atomic E-state index is 13.5. The first kappa shape index (κ1) is 22.1. The summed E-state index contributed by atoms with van der Waals surface area (Å²) in [5, 5.41) is 3.65. The normalized spacial score (nSPS) is 24.9. The Morgan fingerprint density at radius 2 is 1.77 bits per heavy atom. The van der Waals surface area contributed by atoms with Gasteiger partial charge in [0.05, 0.1) is 5.92 Å². The van der Waals surface area contributed by atoms with Crippen molar-refractivity contribution in [3.8, 4) is 0 Å². The van der Waals surface area contributed by atoms with Crippen molar-refractivity contribution in [1.29, 1.82) is 0 Å². The molecule has 2 amide bonds. The molecule has 31 heavy (non-hydrogen) atoms. The first-order chi connectivity index (χ1) is 14.9. The monoisotopic (exact) mass is 426 g/mol. The second-order valence-electron chi connectivity index (χ2n) is 10.0. The van der Waals surface area contributed by atoms with E-state index in [9.17, 15) is 9.59 Å². The zero-order chi connectivity index (χ0) is 22.0. The minimum absolute atomic E-state index is 0.0598. The molecule has 6 heteroatoms. The highest BCUT2D eigenvalue weighted by atomic mass is 16.2. The summed E-state index contributed by atoms with van der Waals surface area (Å²) < 4.78 is 0. The summed E-state index contributed by atoms with van der Waals surface area (Å²) in [4.78, 5) is 31.7. The number of fused-ring (bicyclic) bond motifs is 3. The topological polar surface area (TPSA) is 55.9 Å². The predicted molar refractivity (Wildman–Crippen MR) is 124 cm³/mol. The second kappa shape index (κ2) is 9.60. The summed E-state index contributed by atoms with van der Waals surface area (Å²) in [6.45, 7) is 10.8. The molecule has 2 saturated heterocycles. The quantitative estimate of drug-likeness (QED) is 0.803. The third kappa shape index (κ3) is 5.05. The van der Waals surface area contributed by atoms with Crippen molar-refractivity contribution in [3.63, 3.8) is 0 Å². The Labute approximate surface area is 187 Å². The Bertz CT molecular complexity index is 789. The van der Waals surface area contributed by atoms with Crippen LogP contribution in [0.3, 0.4) is 0 Å². The zero-order valence-corrected chi connectivity index (χ0v) is 19.3. The fourth-order valence-electron chi connectivity index (χ4n) is 5.34. The molecule has 2 bridgehead atoms. The molecule has 6 nitrogen and oxygen atoms in total. The van der Waals surface area contributed by atoms with Crippen molar-refractivity contribution >= 4 is 17.5 Å². The fraction of sp³-hybridized carbons (Fsp3) is 0.680. The molecule has 1 N–H and O–H groups in total. The molecule has 1 aromatic carbocycles. The summed E-state index contributed by atoms with van der Waals surface area (Å²) in [5.74, 6) is 0.897. The van der Waals surface area contributed by atoms with Crippen LogP contribution < -0.4 is 5.32 Å². The van der Waals surface area contributed by atoms with Crippen molar-refractivity contribution in [2.45, 2.75) is 65.1 Å². The Morgan fingerprint density at radius 1 is 1.03 bits per heavy atom. The summed E-state index contributed by atoms with van der Waals surface area (Å²) in [6.07, 6.45) is 4.73. The van der Waals surface area contributed by atoms with Crippen molar-refractivity contribution in [1.82, 2.24) is 14.7 Å². The van der Waals surface area contributed by atoms with E-state index in [1.165, 1.54) is 24.8 Å². The summed E-state index contributed by atoms with van der Waals surface area (Å²) in [6, 6.07) is 9.42. The Kier molecular flexibility index (Phi) is 6.85. The SMILES string of the molecule is CC(=O)N1CC(C(=O)N2Cc3ccccc3NCC[C@H]3CC[C@@H](C2)N3CCC(C)C)C1. The van der Waals surface area contributed by atoms with E-state index in [2.05, 4.69) is 53.2 Å². The minimum Gasteiger partial charge on any atom is -0.385 e. The van der Waals surface area contributed by atoms with Gasteiger partial charge in [-0.1, -0.05) is 32.0 Å². The molecule has 0 saturated carbocycles. The van der Waals surface area contributed by atoms with E-state index in [-0.39, 0.29) is 17.7 Å². The van der Waals surface area contributed by atoms with Crippen LogP contribution in [-0.2, 0) is 16.1 Å². The van der Waals surface area contributed by atoms with Gasteiger partial charge in [0.2, 0.25) is 11.8 Å². The van der Waals surface area contributed by atoms with E-state index in [0.29, 0.717) is 37.6 Å². The number of para-hydroxylation sites is 1. The third-order valence-electron chi connectivity index (χ3n) is 7.33. The number of carbonyl (C=O) groups is 2. The van der Waals surface area contributed by atoms with Gasteiger partial charge in [-0.25, -0.2) is 0 Å². The highest BCUT2D eigenvalue weighted by Gasteiger charge is 2.40. The number of amides is 2. The molecule has 3 aliphatic heterocycles. The zero-order valence-electron chi connectivity index (χ0n) is 19.3. The van der Waals surface area contributed by atoms with Crippen LogP contribution in [0.15, 0.2) is 24.3 Å². The van der Waals surface area contributed by atoms with Crippen molar-refractivity contribution in [2.24, 2.45) is 11.8 Å². The van der Waals surface area contributed by atoms with Gasteiger partial charge in [-0.05, 0) is 49.8 Å². The summed E-state index contributed by atoms with van der Waals surface area (Å²) in [5.41, 5.74) is 2.33. The fourth-order valence-corrected chi connectivity index (χ4v) is 5.34. The largest absolute Gasteiger partial charge is 0.385 e. The van der Waals surface area contributed by atoms with Crippen LogP contribution >= 0.6 is 0 Å². The van der Waals surface area contributed by atoms with Gasteiger partial charge in [0.25, 0.3) is 0 Å². The standard InChI is InChI=1S/C25H38N4O2/c1-18(2)11-13-29-22-8-9-23(29)17-28(25(31)21-15-27(16-21)19(3)30)14-20-6-4-5-7-24(20)26-12-10-22/h4-7,18,21-23,26H,8-17H2,1-3H3/t22-,23+/m1/s1. The highest BCUT2D eigenvalue weighted by molar-refractivity contribution is 5.84. The van der Waals surface area contributed by atoms with E-state index >= 15 is 0 Å². The summed E-state index contributed by atoms with van der Waals surface area (Å²) >= 11 is 0. The second-order valence-corrected chi connectivity index (χ2v) is 10.0. The highest BCUT2D eigenvalue weighted by Crippen LogP contribution is 2.31.